The first-order chi connectivity index (χ1) is 8.15. The Morgan fingerprint density at radius 3 is 2.53 bits per heavy atom. The molecule has 0 radical (unpaired) electrons. The minimum absolute atomic E-state index is 0.167. The van der Waals surface area contributed by atoms with E-state index in [0.29, 0.717) is 10.8 Å². The van der Waals surface area contributed by atoms with Gasteiger partial charge in [-0.25, -0.2) is 9.78 Å². The average molecular weight is 249 g/mol. The predicted molar refractivity (Wildman–Crippen MR) is 65.1 cm³/mol. The number of nitrogens with zero attached hydrogens (tertiary/aromatic N) is 1. The second kappa shape index (κ2) is 4.84. The molecule has 0 aliphatic heterocycles. The van der Waals surface area contributed by atoms with Gasteiger partial charge in [0.2, 0.25) is 0 Å². The molecule has 0 unspecified atom stereocenters. The van der Waals surface area contributed by atoms with Crippen LogP contribution in [0.25, 0.3) is 0 Å². The van der Waals surface area contributed by atoms with Crippen molar-refractivity contribution in [2.45, 2.75) is 0 Å². The molecule has 0 spiro atoms. The molecule has 0 aliphatic rings. The maximum absolute atomic E-state index is 11.7. The van der Waals surface area contributed by atoms with Gasteiger partial charge < -0.3 is 10.5 Å². The summed E-state index contributed by atoms with van der Waals surface area (Å²) in [5, 5.41) is 0.576. The number of hydrogen-bond donors (Lipinski definition) is 1. The molecule has 1 heterocycles. The Bertz CT molecular complexity index is 540. The van der Waals surface area contributed by atoms with Crippen LogP contribution < -0.4 is 10.5 Å². The highest BCUT2D eigenvalue weighted by Gasteiger charge is 2.10. The Hall–Kier alpha value is -2.07. The maximum atomic E-state index is 11.7. The topological polar surface area (TPSA) is 65.2 Å². The van der Waals surface area contributed by atoms with E-state index in [1.54, 1.807) is 36.4 Å². The number of nitrogens with two attached hydrogens (primary N) is 1. The number of rotatable bonds is 2. The smallest absolute Gasteiger partial charge is 0.362 e. The number of aromatic nitrogens is 1. The highest BCUT2D eigenvalue weighted by Crippen LogP contribution is 2.16. The third kappa shape index (κ3) is 2.95. The Morgan fingerprint density at radius 1 is 1.18 bits per heavy atom. The summed E-state index contributed by atoms with van der Waals surface area (Å²) < 4.78 is 5.09. The number of pyridine rings is 1. The van der Waals surface area contributed by atoms with Gasteiger partial charge in [0.1, 0.15) is 11.6 Å². The quantitative estimate of drug-likeness (QED) is 0.655. The largest absolute Gasteiger partial charge is 0.422 e. The lowest BCUT2D eigenvalue weighted by molar-refractivity contribution is 0.0729. The van der Waals surface area contributed by atoms with Crippen molar-refractivity contribution < 1.29 is 9.53 Å². The molecule has 1 aromatic carbocycles. The van der Waals surface area contributed by atoms with Crippen LogP contribution in [0, 0.1) is 0 Å². The molecule has 5 heteroatoms. The minimum Gasteiger partial charge on any atom is -0.422 e. The Kier molecular flexibility index (Phi) is 3.25. The summed E-state index contributed by atoms with van der Waals surface area (Å²) in [5.41, 5.74) is 5.64. The zero-order valence-corrected chi connectivity index (χ0v) is 9.52. The molecule has 0 saturated heterocycles. The molecule has 0 fully saturated rings. The van der Waals surface area contributed by atoms with E-state index >= 15 is 0 Å². The first-order valence-corrected chi connectivity index (χ1v) is 5.23. The zero-order valence-electron chi connectivity index (χ0n) is 8.76. The van der Waals surface area contributed by atoms with Crippen LogP contribution in [0.4, 0.5) is 5.82 Å². The minimum atomic E-state index is -0.556. The van der Waals surface area contributed by atoms with Crippen LogP contribution in [0.5, 0.6) is 5.75 Å². The number of hydrogen-bond acceptors (Lipinski definition) is 4. The molecule has 0 amide bonds. The van der Waals surface area contributed by atoms with Gasteiger partial charge in [-0.1, -0.05) is 17.7 Å². The summed E-state index contributed by atoms with van der Waals surface area (Å²) in [6.07, 6.45) is 0. The van der Waals surface area contributed by atoms with E-state index in [1.807, 2.05) is 0 Å². The number of nitrogen functional groups attached to an aromatic ring is 1. The van der Waals surface area contributed by atoms with Crippen LogP contribution in [0.3, 0.4) is 0 Å². The van der Waals surface area contributed by atoms with Crippen molar-refractivity contribution >= 4 is 23.4 Å². The highest BCUT2D eigenvalue weighted by molar-refractivity contribution is 6.30. The zero-order chi connectivity index (χ0) is 12.3. The molecule has 86 valence electrons. The van der Waals surface area contributed by atoms with E-state index < -0.39 is 5.97 Å². The van der Waals surface area contributed by atoms with Crippen LogP contribution in [-0.2, 0) is 0 Å². The fraction of sp³-hybridized carbons (Fsp3) is 0. The number of carbonyl (C=O) groups is 1. The maximum Gasteiger partial charge on any atom is 0.362 e. The van der Waals surface area contributed by atoms with Crippen molar-refractivity contribution in [3.8, 4) is 5.75 Å². The number of benzene rings is 1. The third-order valence-electron chi connectivity index (χ3n) is 2.00. The first kappa shape index (κ1) is 11.4. The molecule has 17 heavy (non-hydrogen) atoms. The van der Waals surface area contributed by atoms with Crippen molar-refractivity contribution in [3.63, 3.8) is 0 Å². The number of esters is 1. The lowest BCUT2D eigenvalue weighted by Crippen LogP contribution is -2.11. The van der Waals surface area contributed by atoms with E-state index in [0.717, 1.165) is 0 Å². The van der Waals surface area contributed by atoms with Crippen molar-refractivity contribution in [1.82, 2.24) is 4.98 Å². The van der Waals surface area contributed by atoms with Gasteiger partial charge in [-0.05, 0) is 36.4 Å². The van der Waals surface area contributed by atoms with Crippen molar-refractivity contribution in [2.75, 3.05) is 5.73 Å². The molecule has 2 rings (SSSR count). The van der Waals surface area contributed by atoms with Crippen molar-refractivity contribution in [2.24, 2.45) is 0 Å². The van der Waals surface area contributed by atoms with Gasteiger partial charge in [0.15, 0.2) is 5.69 Å². The van der Waals surface area contributed by atoms with Crippen LogP contribution in [0.1, 0.15) is 10.5 Å². The second-order valence-electron chi connectivity index (χ2n) is 3.29. The summed E-state index contributed by atoms with van der Waals surface area (Å²) in [7, 11) is 0. The molecule has 4 nitrogen and oxygen atoms in total. The summed E-state index contributed by atoms with van der Waals surface area (Å²) >= 11 is 5.72. The van der Waals surface area contributed by atoms with Gasteiger partial charge in [-0.15, -0.1) is 0 Å². The molecule has 0 aliphatic carbocycles. The summed E-state index contributed by atoms with van der Waals surface area (Å²) in [5.74, 6) is 0.124. The van der Waals surface area contributed by atoms with E-state index in [9.17, 15) is 4.79 Å². The van der Waals surface area contributed by atoms with Crippen LogP contribution in [-0.4, -0.2) is 11.0 Å². The number of halogens is 1. The normalized spacial score (nSPS) is 9.94. The average Bonchev–Trinajstić information content (AvgIpc) is 2.32. The van der Waals surface area contributed by atoms with E-state index in [2.05, 4.69) is 4.98 Å². The van der Waals surface area contributed by atoms with Gasteiger partial charge in [-0.2, -0.15) is 0 Å². The van der Waals surface area contributed by atoms with Gasteiger partial charge >= 0.3 is 5.97 Å². The SMILES string of the molecule is Nc1cccc(C(=O)Oc2ccc(Cl)cc2)n1. The van der Waals surface area contributed by atoms with Gasteiger partial charge in [0.25, 0.3) is 0 Å². The number of anilines is 1. The molecular formula is C12H9ClN2O2. The molecule has 1 aromatic heterocycles. The number of ether oxygens (including phenoxy) is 1. The van der Waals surface area contributed by atoms with Gasteiger partial charge in [0, 0.05) is 5.02 Å². The molecule has 0 bridgehead atoms. The Morgan fingerprint density at radius 2 is 1.88 bits per heavy atom. The summed E-state index contributed by atoms with van der Waals surface area (Å²) in [6.45, 7) is 0. The van der Waals surface area contributed by atoms with E-state index in [4.69, 9.17) is 22.1 Å². The Balaban J connectivity index is 2.14. The highest BCUT2D eigenvalue weighted by atomic mass is 35.5. The van der Waals surface area contributed by atoms with E-state index in [-0.39, 0.29) is 11.5 Å². The first-order valence-electron chi connectivity index (χ1n) is 4.85. The lowest BCUT2D eigenvalue weighted by atomic mass is 10.3. The van der Waals surface area contributed by atoms with Crippen molar-refractivity contribution in [1.29, 1.82) is 0 Å². The monoisotopic (exact) mass is 248 g/mol. The van der Waals surface area contributed by atoms with Gasteiger partial charge in [0.05, 0.1) is 0 Å². The summed E-state index contributed by atoms with van der Waals surface area (Å²) in [6, 6.07) is 11.3. The fourth-order valence-electron chi connectivity index (χ4n) is 1.23. The molecule has 2 N–H and O–H groups in total. The van der Waals surface area contributed by atoms with Crippen LogP contribution in [0.15, 0.2) is 42.5 Å². The molecule has 2 aromatic rings. The fourth-order valence-corrected chi connectivity index (χ4v) is 1.35. The van der Waals surface area contributed by atoms with Crippen LogP contribution >= 0.6 is 11.6 Å². The lowest BCUT2D eigenvalue weighted by Gasteiger charge is -2.03. The van der Waals surface area contributed by atoms with E-state index in [1.165, 1.54) is 6.07 Å². The standard InChI is InChI=1S/C12H9ClN2O2/c13-8-4-6-9(7-5-8)17-12(16)10-2-1-3-11(14)15-10/h1-7H,(H2,14,15). The molecule has 0 saturated carbocycles. The second-order valence-corrected chi connectivity index (χ2v) is 3.73. The summed E-state index contributed by atoms with van der Waals surface area (Å²) in [4.78, 5) is 15.5. The van der Waals surface area contributed by atoms with Gasteiger partial charge in [-0.3, -0.25) is 0 Å². The number of carbonyl (C=O) groups excluding carboxylic acids is 1. The molecule has 0 atom stereocenters. The van der Waals surface area contributed by atoms with Crippen molar-refractivity contribution in [3.05, 3.63) is 53.2 Å². The Labute approximate surface area is 103 Å². The van der Waals surface area contributed by atoms with Crippen LogP contribution in [0.2, 0.25) is 5.02 Å². The third-order valence-corrected chi connectivity index (χ3v) is 2.26. The predicted octanol–water partition coefficient (Wildman–Crippen LogP) is 2.54. The molecular weight excluding hydrogens is 240 g/mol.